The zero-order valence-electron chi connectivity index (χ0n) is 8.89. The number of rotatable bonds is 1. The van der Waals surface area contributed by atoms with Crippen molar-refractivity contribution in [2.75, 3.05) is 20.1 Å². The van der Waals surface area contributed by atoms with E-state index in [-0.39, 0.29) is 14.4 Å². The van der Waals surface area contributed by atoms with Crippen LogP contribution in [0.3, 0.4) is 0 Å². The minimum Gasteiger partial charge on any atom is -0.369 e. The monoisotopic (exact) mass is 210 g/mol. The highest BCUT2D eigenvalue weighted by Crippen LogP contribution is 2.31. The van der Waals surface area contributed by atoms with Crippen molar-refractivity contribution in [1.29, 1.82) is 0 Å². The fourth-order valence-corrected chi connectivity index (χ4v) is 1.46. The van der Waals surface area contributed by atoms with Gasteiger partial charge >= 0.3 is 0 Å². The van der Waals surface area contributed by atoms with Crippen LogP contribution in [-0.4, -0.2) is 36.9 Å². The Balaban J connectivity index is 0. The number of primary amides is 1. The van der Waals surface area contributed by atoms with E-state index in [9.17, 15) is 13.6 Å². The maximum Gasteiger partial charge on any atom is 0.272 e. The number of alkyl halides is 2. The molecule has 1 amide bonds. The van der Waals surface area contributed by atoms with Gasteiger partial charge in [0.2, 0.25) is 5.91 Å². The molecule has 1 unspecified atom stereocenters. The molecule has 3 nitrogen and oxygen atoms in total. The molecule has 2 N–H and O–H groups in total. The van der Waals surface area contributed by atoms with E-state index in [1.54, 1.807) is 7.05 Å². The fourth-order valence-electron chi connectivity index (χ4n) is 1.46. The number of piperidine rings is 1. The number of amides is 1. The van der Waals surface area contributed by atoms with Gasteiger partial charge in [-0.25, -0.2) is 8.78 Å². The Morgan fingerprint density at radius 3 is 2.43 bits per heavy atom. The Morgan fingerprint density at radius 2 is 2.07 bits per heavy atom. The molecule has 1 aliphatic rings. The highest BCUT2D eigenvalue weighted by molar-refractivity contribution is 5.77. The molecule has 14 heavy (non-hydrogen) atoms. The molecule has 0 aromatic rings. The van der Waals surface area contributed by atoms with Gasteiger partial charge < -0.3 is 10.6 Å². The molecule has 0 bridgehead atoms. The summed E-state index contributed by atoms with van der Waals surface area (Å²) in [6.45, 7) is 4.13. The van der Waals surface area contributed by atoms with Crippen molar-refractivity contribution in [3.63, 3.8) is 0 Å². The maximum atomic E-state index is 13.0. The van der Waals surface area contributed by atoms with Crippen molar-refractivity contribution in [2.24, 2.45) is 11.7 Å². The highest BCUT2D eigenvalue weighted by atomic mass is 19.3. The van der Waals surface area contributed by atoms with Crippen LogP contribution in [0, 0.1) is 5.92 Å². The summed E-state index contributed by atoms with van der Waals surface area (Å²) >= 11 is 0. The molecule has 5 heteroatoms. The molecular formula is C9H20F2N2O. The Morgan fingerprint density at radius 1 is 1.57 bits per heavy atom. The summed E-state index contributed by atoms with van der Waals surface area (Å²) in [6.07, 6.45) is 0.152. The van der Waals surface area contributed by atoms with E-state index >= 15 is 0 Å². The predicted octanol–water partition coefficient (Wildman–Crippen LogP) is 1.33. The molecule has 0 aromatic carbocycles. The van der Waals surface area contributed by atoms with Gasteiger partial charge in [0.25, 0.3) is 5.92 Å². The quantitative estimate of drug-likeness (QED) is 0.709. The highest BCUT2D eigenvalue weighted by Gasteiger charge is 2.46. The molecular weight excluding hydrogens is 190 g/mol. The summed E-state index contributed by atoms with van der Waals surface area (Å²) in [6, 6.07) is 0. The topological polar surface area (TPSA) is 46.3 Å². The molecule has 1 atom stereocenters. The van der Waals surface area contributed by atoms with E-state index < -0.39 is 17.7 Å². The van der Waals surface area contributed by atoms with E-state index in [1.807, 2.05) is 13.8 Å². The molecule has 0 aromatic heterocycles. The molecule has 1 rings (SSSR count). The van der Waals surface area contributed by atoms with Crippen LogP contribution in [0.5, 0.6) is 0 Å². The Kier molecular flexibility index (Phi) is 4.97. The number of nitrogens with zero attached hydrogens (tertiary/aromatic N) is 1. The van der Waals surface area contributed by atoms with E-state index in [0.717, 1.165) is 0 Å². The molecule has 1 heterocycles. The van der Waals surface area contributed by atoms with Gasteiger partial charge in [0.15, 0.2) is 0 Å². The smallest absolute Gasteiger partial charge is 0.272 e. The second-order valence-corrected chi connectivity index (χ2v) is 3.24. The number of hydrogen-bond donors (Lipinski definition) is 1. The van der Waals surface area contributed by atoms with Crippen LogP contribution in [0.4, 0.5) is 8.78 Å². The van der Waals surface area contributed by atoms with Crippen LogP contribution < -0.4 is 5.73 Å². The SMILES string of the molecule is CC.CN1CCC(C(N)=O)C(F)(F)C1.[HH]. The lowest BCUT2D eigenvalue weighted by molar-refractivity contribution is -0.146. The van der Waals surface area contributed by atoms with E-state index in [1.165, 1.54) is 4.90 Å². The Hall–Kier alpha value is -0.710. The summed E-state index contributed by atoms with van der Waals surface area (Å²) in [5.41, 5.74) is 4.85. The third kappa shape index (κ3) is 3.21. The van der Waals surface area contributed by atoms with Crippen molar-refractivity contribution in [3.05, 3.63) is 0 Å². The van der Waals surface area contributed by atoms with Gasteiger partial charge in [0.05, 0.1) is 6.54 Å². The first-order valence-corrected chi connectivity index (χ1v) is 4.79. The molecule has 1 saturated heterocycles. The third-order valence-corrected chi connectivity index (χ3v) is 2.13. The van der Waals surface area contributed by atoms with Crippen molar-refractivity contribution >= 4 is 5.91 Å². The zero-order valence-corrected chi connectivity index (χ0v) is 8.89. The average Bonchev–Trinajstić information content (AvgIpc) is 2.04. The average molecular weight is 210 g/mol. The minimum atomic E-state index is -2.96. The van der Waals surface area contributed by atoms with Gasteiger partial charge in [-0.3, -0.25) is 4.79 Å². The number of hydrogen-bond acceptors (Lipinski definition) is 2. The molecule has 86 valence electrons. The molecule has 0 aliphatic carbocycles. The lowest BCUT2D eigenvalue weighted by Gasteiger charge is -2.34. The first kappa shape index (κ1) is 13.3. The molecule has 0 spiro atoms. The summed E-state index contributed by atoms with van der Waals surface area (Å²) in [4.78, 5) is 12.1. The Bertz CT molecular complexity index is 203. The van der Waals surface area contributed by atoms with Crippen LogP contribution >= 0.6 is 0 Å². The first-order valence-electron chi connectivity index (χ1n) is 4.79. The lowest BCUT2D eigenvalue weighted by Crippen LogP contribution is -2.51. The predicted molar refractivity (Wildman–Crippen MR) is 53.2 cm³/mol. The van der Waals surface area contributed by atoms with Gasteiger partial charge in [0, 0.05) is 1.43 Å². The van der Waals surface area contributed by atoms with E-state index in [2.05, 4.69) is 0 Å². The second-order valence-electron chi connectivity index (χ2n) is 3.24. The normalized spacial score (nSPS) is 26.2. The molecule has 1 aliphatic heterocycles. The largest absolute Gasteiger partial charge is 0.369 e. The van der Waals surface area contributed by atoms with Gasteiger partial charge in [0.1, 0.15) is 5.92 Å². The maximum absolute atomic E-state index is 13.0. The van der Waals surface area contributed by atoms with Crippen LogP contribution in [0.25, 0.3) is 0 Å². The molecule has 0 radical (unpaired) electrons. The van der Waals surface area contributed by atoms with Crippen LogP contribution in [0.2, 0.25) is 0 Å². The first-order chi connectivity index (χ1) is 6.43. The van der Waals surface area contributed by atoms with Crippen molar-refractivity contribution < 1.29 is 15.0 Å². The summed E-state index contributed by atoms with van der Waals surface area (Å²) in [7, 11) is 1.60. The van der Waals surface area contributed by atoms with Crippen LogP contribution in [0.1, 0.15) is 21.7 Å². The Labute approximate surface area is 84.7 Å². The van der Waals surface area contributed by atoms with E-state index in [0.29, 0.717) is 6.54 Å². The van der Waals surface area contributed by atoms with Crippen LogP contribution in [-0.2, 0) is 4.79 Å². The second kappa shape index (κ2) is 5.24. The zero-order chi connectivity index (χ0) is 11.4. The summed E-state index contributed by atoms with van der Waals surface area (Å²) in [5, 5.41) is 0. The van der Waals surface area contributed by atoms with E-state index in [4.69, 9.17) is 5.73 Å². The number of nitrogens with two attached hydrogens (primary N) is 1. The lowest BCUT2D eigenvalue weighted by atomic mass is 9.92. The number of carbonyl (C=O) groups is 1. The van der Waals surface area contributed by atoms with Gasteiger partial charge in [-0.2, -0.15) is 0 Å². The minimum absolute atomic E-state index is 0. The standard InChI is InChI=1S/C7H12F2N2O.C2H6.H2/c1-11-3-2-5(6(10)12)7(8,9)4-11;1-2;/h5H,2-4H2,1H3,(H2,10,12);1-2H3;1H. The molecule has 1 fully saturated rings. The van der Waals surface area contributed by atoms with Crippen LogP contribution in [0.15, 0.2) is 0 Å². The number of likely N-dealkylation sites (tertiary alicyclic amines) is 1. The van der Waals surface area contributed by atoms with Gasteiger partial charge in [-0.05, 0) is 20.0 Å². The number of halogens is 2. The van der Waals surface area contributed by atoms with Crippen molar-refractivity contribution in [3.8, 4) is 0 Å². The van der Waals surface area contributed by atoms with Gasteiger partial charge in [-0.1, -0.05) is 13.8 Å². The van der Waals surface area contributed by atoms with Gasteiger partial charge in [-0.15, -0.1) is 0 Å². The third-order valence-electron chi connectivity index (χ3n) is 2.13. The van der Waals surface area contributed by atoms with Crippen molar-refractivity contribution in [1.82, 2.24) is 4.90 Å². The summed E-state index contributed by atoms with van der Waals surface area (Å²) < 4.78 is 26.1. The number of carbonyl (C=O) groups excluding carboxylic acids is 1. The van der Waals surface area contributed by atoms with Crippen molar-refractivity contribution in [2.45, 2.75) is 26.2 Å². The summed E-state index contributed by atoms with van der Waals surface area (Å²) in [5.74, 6) is -5.14. The fraction of sp³-hybridized carbons (Fsp3) is 0.889. The molecule has 0 saturated carbocycles.